The first-order chi connectivity index (χ1) is 15.2. The van der Waals surface area contributed by atoms with Crippen LogP contribution in [0.1, 0.15) is 30.5 Å². The molecule has 1 saturated carbocycles. The first-order valence-electron chi connectivity index (χ1n) is 10.5. The highest BCUT2D eigenvalue weighted by molar-refractivity contribution is 5.90. The number of nitrogens with zero attached hydrogens (tertiary/aromatic N) is 7. The van der Waals surface area contributed by atoms with E-state index >= 15 is 0 Å². The van der Waals surface area contributed by atoms with Gasteiger partial charge >= 0.3 is 0 Å². The van der Waals surface area contributed by atoms with Crippen molar-refractivity contribution >= 4 is 16.6 Å². The van der Waals surface area contributed by atoms with E-state index in [2.05, 4.69) is 49.7 Å². The third-order valence-electron chi connectivity index (χ3n) is 5.68. The monoisotopic (exact) mass is 415 g/mol. The number of nitrogens with one attached hydrogen (secondary N) is 1. The van der Waals surface area contributed by atoms with Crippen LogP contribution in [0.15, 0.2) is 49.2 Å². The lowest BCUT2D eigenvalue weighted by Crippen LogP contribution is -2.20. The molecule has 0 spiro atoms. The average molecular weight is 416 g/mol. The number of imidazole rings is 1. The molecule has 0 atom stereocenters. The Hall–Kier alpha value is -3.59. The third-order valence-corrected chi connectivity index (χ3v) is 5.68. The molecule has 6 rings (SSSR count). The highest BCUT2D eigenvalue weighted by atomic mass is 15.4. The molecule has 0 radical (unpaired) electrons. The van der Waals surface area contributed by atoms with Crippen molar-refractivity contribution < 1.29 is 0 Å². The standard InChI is InChI=1S/C17H14N8.C5H11N/c1-11-2-3-16-20-12(8-24(16)7-11)9-25-10-15(22-23-25)17-13-6-19-21-14(13)4-5-18-17;6-4-5-2-1-3-5/h2-8,10H,9H2,1H3,(H,19,21);5H,1-4,6H2. The Balaban J connectivity index is 0.000000296. The summed E-state index contributed by atoms with van der Waals surface area (Å²) in [7, 11) is 0. The molecular formula is C22H25N9. The van der Waals surface area contributed by atoms with E-state index in [1.165, 1.54) is 24.8 Å². The lowest BCUT2D eigenvalue weighted by atomic mass is 9.86. The van der Waals surface area contributed by atoms with Crippen LogP contribution >= 0.6 is 0 Å². The number of hydrogen-bond acceptors (Lipinski definition) is 6. The van der Waals surface area contributed by atoms with E-state index in [1.54, 1.807) is 17.1 Å². The molecule has 1 aliphatic carbocycles. The van der Waals surface area contributed by atoms with Crippen molar-refractivity contribution in [1.29, 1.82) is 0 Å². The fourth-order valence-corrected chi connectivity index (χ4v) is 3.68. The Labute approximate surface area is 179 Å². The van der Waals surface area contributed by atoms with E-state index in [9.17, 15) is 0 Å². The van der Waals surface area contributed by atoms with Crippen LogP contribution in [-0.4, -0.2) is 46.1 Å². The Morgan fingerprint density at radius 2 is 2.06 bits per heavy atom. The van der Waals surface area contributed by atoms with Crippen LogP contribution in [0, 0.1) is 12.8 Å². The molecule has 0 amide bonds. The van der Waals surface area contributed by atoms with Gasteiger partial charge in [-0.2, -0.15) is 5.10 Å². The SMILES string of the molecule is Cc1ccc2nc(Cn3cc(-c4nccc5[nH]ncc45)nn3)cn2c1.NCC1CCC1. The quantitative estimate of drug-likeness (QED) is 0.466. The summed E-state index contributed by atoms with van der Waals surface area (Å²) in [5.41, 5.74) is 10.8. The van der Waals surface area contributed by atoms with Gasteiger partial charge in [0.25, 0.3) is 0 Å². The molecule has 0 aromatic carbocycles. The van der Waals surface area contributed by atoms with Crippen molar-refractivity contribution in [2.75, 3.05) is 6.54 Å². The van der Waals surface area contributed by atoms with Crippen molar-refractivity contribution in [3.05, 3.63) is 60.4 Å². The summed E-state index contributed by atoms with van der Waals surface area (Å²) < 4.78 is 3.79. The Bertz CT molecular complexity index is 1310. The van der Waals surface area contributed by atoms with Gasteiger partial charge in [-0.25, -0.2) is 9.67 Å². The van der Waals surface area contributed by atoms with E-state index in [-0.39, 0.29) is 0 Å². The minimum Gasteiger partial charge on any atom is -0.330 e. The normalized spacial score (nSPS) is 13.9. The second-order valence-electron chi connectivity index (χ2n) is 8.03. The van der Waals surface area contributed by atoms with E-state index in [0.717, 1.165) is 40.4 Å². The zero-order valence-corrected chi connectivity index (χ0v) is 17.4. The van der Waals surface area contributed by atoms with Gasteiger partial charge in [0.15, 0.2) is 0 Å². The number of H-pyrrole nitrogens is 1. The number of aromatic amines is 1. The second kappa shape index (κ2) is 8.27. The number of aryl methyl sites for hydroxylation is 1. The van der Waals surface area contributed by atoms with Crippen LogP contribution < -0.4 is 5.73 Å². The summed E-state index contributed by atoms with van der Waals surface area (Å²) in [5, 5.41) is 16.4. The largest absolute Gasteiger partial charge is 0.330 e. The fraction of sp³-hybridized carbons (Fsp3) is 0.318. The number of nitrogens with two attached hydrogens (primary N) is 1. The molecule has 0 aliphatic heterocycles. The summed E-state index contributed by atoms with van der Waals surface area (Å²) in [5.74, 6) is 0.894. The maximum absolute atomic E-state index is 5.33. The van der Waals surface area contributed by atoms with Crippen LogP contribution in [0.5, 0.6) is 0 Å². The second-order valence-corrected chi connectivity index (χ2v) is 8.03. The minimum absolute atomic E-state index is 0.551. The highest BCUT2D eigenvalue weighted by Crippen LogP contribution is 2.24. The van der Waals surface area contributed by atoms with Gasteiger partial charge in [0.05, 0.1) is 30.1 Å². The van der Waals surface area contributed by atoms with E-state index in [1.807, 2.05) is 28.9 Å². The molecular weight excluding hydrogens is 390 g/mol. The Morgan fingerprint density at radius 1 is 1.16 bits per heavy atom. The number of hydrogen-bond donors (Lipinski definition) is 2. The molecule has 1 fully saturated rings. The predicted molar refractivity (Wildman–Crippen MR) is 118 cm³/mol. The van der Waals surface area contributed by atoms with Gasteiger partial charge in [-0.05, 0) is 49.9 Å². The van der Waals surface area contributed by atoms with E-state index in [4.69, 9.17) is 5.73 Å². The van der Waals surface area contributed by atoms with Crippen LogP contribution in [0.2, 0.25) is 0 Å². The van der Waals surface area contributed by atoms with Gasteiger partial charge in [-0.3, -0.25) is 10.1 Å². The van der Waals surface area contributed by atoms with E-state index in [0.29, 0.717) is 12.2 Å². The molecule has 5 aromatic heterocycles. The number of fused-ring (bicyclic) bond motifs is 2. The molecule has 0 bridgehead atoms. The summed E-state index contributed by atoms with van der Waals surface area (Å²) in [6.45, 7) is 3.53. The number of aromatic nitrogens is 8. The van der Waals surface area contributed by atoms with Gasteiger partial charge in [-0.1, -0.05) is 17.7 Å². The zero-order chi connectivity index (χ0) is 21.2. The van der Waals surface area contributed by atoms with Gasteiger partial charge in [0.2, 0.25) is 0 Å². The van der Waals surface area contributed by atoms with Crippen LogP contribution in [0.4, 0.5) is 0 Å². The Kier molecular flexibility index (Phi) is 5.17. The highest BCUT2D eigenvalue weighted by Gasteiger charge is 2.14. The summed E-state index contributed by atoms with van der Waals surface area (Å²) in [6.07, 6.45) is 13.6. The van der Waals surface area contributed by atoms with Crippen LogP contribution in [0.3, 0.4) is 0 Å². The Morgan fingerprint density at radius 3 is 2.84 bits per heavy atom. The van der Waals surface area contributed by atoms with Gasteiger partial charge in [0, 0.05) is 24.0 Å². The third kappa shape index (κ3) is 4.04. The molecule has 5 heterocycles. The fourth-order valence-electron chi connectivity index (χ4n) is 3.68. The molecule has 0 saturated heterocycles. The van der Waals surface area contributed by atoms with Crippen molar-refractivity contribution in [1.82, 2.24) is 39.6 Å². The lowest BCUT2D eigenvalue weighted by Gasteiger charge is -2.22. The van der Waals surface area contributed by atoms with Crippen LogP contribution in [-0.2, 0) is 6.54 Å². The number of pyridine rings is 2. The molecule has 1 aliphatic rings. The summed E-state index contributed by atoms with van der Waals surface area (Å²) >= 11 is 0. The molecule has 9 nitrogen and oxygen atoms in total. The summed E-state index contributed by atoms with van der Waals surface area (Å²) in [4.78, 5) is 9.04. The average Bonchev–Trinajstić information content (AvgIpc) is 3.46. The topological polar surface area (TPSA) is 116 Å². The molecule has 3 N–H and O–H groups in total. The smallest absolute Gasteiger partial charge is 0.137 e. The minimum atomic E-state index is 0.551. The van der Waals surface area contributed by atoms with Gasteiger partial charge in [0.1, 0.15) is 17.0 Å². The molecule has 31 heavy (non-hydrogen) atoms. The number of rotatable bonds is 4. The maximum atomic E-state index is 5.33. The first-order valence-corrected chi connectivity index (χ1v) is 10.5. The van der Waals surface area contributed by atoms with Crippen molar-refractivity contribution in [2.45, 2.75) is 32.7 Å². The zero-order valence-electron chi connectivity index (χ0n) is 17.4. The molecule has 0 unspecified atom stereocenters. The van der Waals surface area contributed by atoms with Crippen molar-refractivity contribution in [2.24, 2.45) is 11.7 Å². The van der Waals surface area contributed by atoms with Crippen molar-refractivity contribution in [3.63, 3.8) is 0 Å². The summed E-state index contributed by atoms with van der Waals surface area (Å²) in [6, 6.07) is 5.95. The lowest BCUT2D eigenvalue weighted by molar-refractivity contribution is 0.325. The molecule has 158 valence electrons. The van der Waals surface area contributed by atoms with Gasteiger partial charge < -0.3 is 10.1 Å². The van der Waals surface area contributed by atoms with Crippen molar-refractivity contribution in [3.8, 4) is 11.4 Å². The first kappa shape index (κ1) is 19.4. The van der Waals surface area contributed by atoms with Crippen LogP contribution in [0.25, 0.3) is 27.9 Å². The molecule has 5 aromatic rings. The van der Waals surface area contributed by atoms with Gasteiger partial charge in [-0.15, -0.1) is 5.10 Å². The maximum Gasteiger partial charge on any atom is 0.137 e. The predicted octanol–water partition coefficient (Wildman–Crippen LogP) is 2.97. The van der Waals surface area contributed by atoms with E-state index < -0.39 is 0 Å². The molecule has 9 heteroatoms.